The van der Waals surface area contributed by atoms with E-state index in [-0.39, 0.29) is 11.2 Å². The smallest absolute Gasteiger partial charge is 0.322 e. The molecule has 3 N–H and O–H groups in total. The average Bonchev–Trinajstić information content (AvgIpc) is 3.16. The van der Waals surface area contributed by atoms with Crippen LogP contribution in [0.15, 0.2) is 69.6 Å². The number of carboxylic acids is 1. The summed E-state index contributed by atoms with van der Waals surface area (Å²) in [6.07, 6.45) is 1.37. The molecule has 28 heavy (non-hydrogen) atoms. The van der Waals surface area contributed by atoms with Crippen molar-refractivity contribution in [2.45, 2.75) is 9.92 Å². The Morgan fingerprint density at radius 2 is 1.96 bits per heavy atom. The SMILES string of the molecule is O=C(O)CNC(=O)c1c(=O)cc(Sc2cccc3ccccc23)n2[nH]cnc12. The number of H-pyrrole nitrogens is 1. The molecule has 1 amide bonds. The van der Waals surface area contributed by atoms with Crippen molar-refractivity contribution in [3.8, 4) is 0 Å². The van der Waals surface area contributed by atoms with Crippen molar-refractivity contribution in [1.29, 1.82) is 0 Å². The Balaban J connectivity index is 1.78. The molecule has 4 aromatic rings. The van der Waals surface area contributed by atoms with Crippen LogP contribution in [0.25, 0.3) is 16.4 Å². The van der Waals surface area contributed by atoms with E-state index in [1.807, 2.05) is 42.5 Å². The third-order valence-corrected chi connectivity index (χ3v) is 5.21. The Kier molecular flexibility index (Phi) is 4.58. The van der Waals surface area contributed by atoms with Crippen LogP contribution in [0.5, 0.6) is 0 Å². The number of amides is 1. The molecule has 0 aliphatic heterocycles. The third kappa shape index (κ3) is 3.23. The quantitative estimate of drug-likeness (QED) is 0.478. The lowest BCUT2D eigenvalue weighted by Gasteiger charge is -2.09. The molecule has 0 unspecified atom stereocenters. The molecule has 2 aromatic carbocycles. The van der Waals surface area contributed by atoms with Gasteiger partial charge in [-0.2, -0.15) is 0 Å². The van der Waals surface area contributed by atoms with E-state index < -0.39 is 23.9 Å². The van der Waals surface area contributed by atoms with Gasteiger partial charge in [0.1, 0.15) is 23.5 Å². The standard InChI is InChI=1S/C19H14N4O4S/c24-13-8-15(28-14-7-3-5-11-4-1-2-6-12(11)14)23-18(21-10-22-23)17(13)19(27)20-9-16(25)26/h1-8,10H,9H2,(H,20,27)(H,21,22)(H,25,26). The van der Waals surface area contributed by atoms with E-state index in [1.165, 1.54) is 28.7 Å². The molecule has 4 rings (SSSR count). The van der Waals surface area contributed by atoms with Crippen LogP contribution in [0.1, 0.15) is 10.4 Å². The number of carbonyl (C=O) groups is 2. The van der Waals surface area contributed by atoms with E-state index in [2.05, 4.69) is 15.4 Å². The molecule has 0 aliphatic rings. The summed E-state index contributed by atoms with van der Waals surface area (Å²) < 4.78 is 1.53. The fourth-order valence-electron chi connectivity index (χ4n) is 2.90. The van der Waals surface area contributed by atoms with Gasteiger partial charge in [-0.25, -0.2) is 9.50 Å². The molecule has 0 spiro atoms. The second kappa shape index (κ2) is 7.20. The number of fused-ring (bicyclic) bond motifs is 2. The fraction of sp³-hybridized carbons (Fsp3) is 0.0526. The number of hydrogen-bond donors (Lipinski definition) is 3. The Labute approximate surface area is 162 Å². The van der Waals surface area contributed by atoms with Crippen LogP contribution in [0.3, 0.4) is 0 Å². The lowest BCUT2D eigenvalue weighted by Crippen LogP contribution is -2.33. The number of pyridine rings is 1. The average molecular weight is 394 g/mol. The number of nitrogens with one attached hydrogen (secondary N) is 2. The van der Waals surface area contributed by atoms with Crippen LogP contribution < -0.4 is 10.7 Å². The number of hydrogen-bond acceptors (Lipinski definition) is 5. The Bertz CT molecular complexity index is 1270. The lowest BCUT2D eigenvalue weighted by atomic mass is 10.1. The zero-order valence-corrected chi connectivity index (χ0v) is 15.2. The molecule has 140 valence electrons. The normalized spacial score (nSPS) is 11.0. The fourth-order valence-corrected chi connectivity index (χ4v) is 3.96. The minimum atomic E-state index is -1.20. The van der Waals surface area contributed by atoms with Crippen molar-refractivity contribution in [2.75, 3.05) is 6.54 Å². The highest BCUT2D eigenvalue weighted by Gasteiger charge is 2.20. The summed E-state index contributed by atoms with van der Waals surface area (Å²) in [5.41, 5.74) is -0.597. The summed E-state index contributed by atoms with van der Waals surface area (Å²) in [5, 5.41) is 16.5. The molecule has 9 heteroatoms. The van der Waals surface area contributed by atoms with Crippen molar-refractivity contribution in [1.82, 2.24) is 19.9 Å². The molecule has 0 atom stereocenters. The topological polar surface area (TPSA) is 117 Å². The van der Waals surface area contributed by atoms with Crippen molar-refractivity contribution < 1.29 is 14.7 Å². The van der Waals surface area contributed by atoms with Crippen LogP contribution >= 0.6 is 11.8 Å². The highest BCUT2D eigenvalue weighted by Crippen LogP contribution is 2.33. The van der Waals surface area contributed by atoms with E-state index in [0.29, 0.717) is 5.03 Å². The first kappa shape index (κ1) is 17.8. The van der Waals surface area contributed by atoms with Crippen molar-refractivity contribution in [3.63, 3.8) is 0 Å². The summed E-state index contributed by atoms with van der Waals surface area (Å²) >= 11 is 1.37. The van der Waals surface area contributed by atoms with Gasteiger partial charge in [0.15, 0.2) is 11.1 Å². The van der Waals surface area contributed by atoms with Gasteiger partial charge < -0.3 is 10.4 Å². The van der Waals surface area contributed by atoms with Gasteiger partial charge in [0, 0.05) is 11.0 Å². The largest absolute Gasteiger partial charge is 0.480 e. The molecule has 0 saturated heterocycles. The van der Waals surface area contributed by atoms with Gasteiger partial charge in [-0.3, -0.25) is 19.5 Å². The molecule has 0 saturated carbocycles. The van der Waals surface area contributed by atoms with E-state index in [0.717, 1.165) is 15.7 Å². The maximum absolute atomic E-state index is 12.6. The van der Waals surface area contributed by atoms with E-state index in [1.54, 1.807) is 0 Å². The minimum Gasteiger partial charge on any atom is -0.480 e. The van der Waals surface area contributed by atoms with Crippen molar-refractivity contribution >= 4 is 40.1 Å². The number of benzene rings is 2. The van der Waals surface area contributed by atoms with Gasteiger partial charge in [-0.15, -0.1) is 0 Å². The number of aromatic nitrogens is 3. The van der Waals surface area contributed by atoms with Gasteiger partial charge in [0.2, 0.25) is 0 Å². The first-order valence-corrected chi connectivity index (χ1v) is 9.11. The zero-order valence-electron chi connectivity index (χ0n) is 14.4. The summed E-state index contributed by atoms with van der Waals surface area (Å²) in [6, 6.07) is 15.1. The van der Waals surface area contributed by atoms with Crippen LogP contribution in [-0.4, -0.2) is 38.1 Å². The molecular weight excluding hydrogens is 380 g/mol. The van der Waals surface area contributed by atoms with E-state index in [4.69, 9.17) is 5.11 Å². The van der Waals surface area contributed by atoms with Crippen LogP contribution in [-0.2, 0) is 4.79 Å². The summed E-state index contributed by atoms with van der Waals surface area (Å²) in [4.78, 5) is 40.6. The molecule has 2 heterocycles. The molecule has 8 nitrogen and oxygen atoms in total. The molecule has 0 radical (unpaired) electrons. The third-order valence-electron chi connectivity index (χ3n) is 4.12. The zero-order chi connectivity index (χ0) is 19.7. The van der Waals surface area contributed by atoms with Crippen molar-refractivity contribution in [3.05, 3.63) is 70.6 Å². The van der Waals surface area contributed by atoms with Gasteiger partial charge in [-0.1, -0.05) is 48.2 Å². The number of carboxylic acid groups (broad SMARTS) is 1. The minimum absolute atomic E-state index is 0.137. The maximum atomic E-state index is 12.6. The maximum Gasteiger partial charge on any atom is 0.322 e. The first-order chi connectivity index (χ1) is 13.5. The molecule has 2 aromatic heterocycles. The number of aromatic amines is 1. The van der Waals surface area contributed by atoms with Gasteiger partial charge in [0.05, 0.1) is 0 Å². The van der Waals surface area contributed by atoms with E-state index in [9.17, 15) is 14.4 Å². The highest BCUT2D eigenvalue weighted by atomic mass is 32.2. The second-order valence-electron chi connectivity index (χ2n) is 5.92. The first-order valence-electron chi connectivity index (χ1n) is 8.29. The van der Waals surface area contributed by atoms with Crippen LogP contribution in [0, 0.1) is 0 Å². The number of aliphatic carboxylic acids is 1. The second-order valence-corrected chi connectivity index (χ2v) is 6.99. The Hall–Kier alpha value is -3.59. The molecule has 0 bridgehead atoms. The predicted octanol–water partition coefficient (Wildman–Crippen LogP) is 2.14. The van der Waals surface area contributed by atoms with Crippen LogP contribution in [0.2, 0.25) is 0 Å². The van der Waals surface area contributed by atoms with E-state index >= 15 is 0 Å². The monoisotopic (exact) mass is 394 g/mol. The number of nitrogens with zero attached hydrogens (tertiary/aromatic N) is 2. The van der Waals surface area contributed by atoms with Gasteiger partial charge in [0.25, 0.3) is 5.91 Å². The predicted molar refractivity (Wildman–Crippen MR) is 104 cm³/mol. The summed E-state index contributed by atoms with van der Waals surface area (Å²) in [7, 11) is 0. The number of carbonyl (C=O) groups excluding carboxylic acids is 1. The molecule has 0 aliphatic carbocycles. The van der Waals surface area contributed by atoms with Gasteiger partial charge in [-0.05, 0) is 16.8 Å². The Morgan fingerprint density at radius 1 is 1.18 bits per heavy atom. The van der Waals surface area contributed by atoms with Crippen molar-refractivity contribution in [2.24, 2.45) is 0 Å². The lowest BCUT2D eigenvalue weighted by molar-refractivity contribution is -0.135. The number of rotatable bonds is 5. The summed E-state index contributed by atoms with van der Waals surface area (Å²) in [6.45, 7) is -0.582. The Morgan fingerprint density at radius 3 is 2.79 bits per heavy atom. The molecular formula is C19H14N4O4S. The highest BCUT2D eigenvalue weighted by molar-refractivity contribution is 7.99. The van der Waals surface area contributed by atoms with Gasteiger partial charge >= 0.3 is 5.97 Å². The molecule has 0 fully saturated rings. The summed E-state index contributed by atoms with van der Waals surface area (Å²) in [5.74, 6) is -1.98. The van der Waals surface area contributed by atoms with Crippen LogP contribution in [0.4, 0.5) is 0 Å².